The second-order valence-corrected chi connectivity index (χ2v) is 12.8. The molecule has 0 amide bonds. The lowest BCUT2D eigenvalue weighted by Crippen LogP contribution is -2.32. The highest BCUT2D eigenvalue weighted by atomic mass is 16.5. The smallest absolute Gasteiger partial charge is 0.132 e. The number of rotatable bonds is 6. The number of hydrogen-bond donors (Lipinski definition) is 2. The fourth-order valence-corrected chi connectivity index (χ4v) is 7.85. The Bertz CT molecular complexity index is 2460. The number of para-hydroxylation sites is 1. The number of benzene rings is 7. The summed E-state index contributed by atoms with van der Waals surface area (Å²) in [5, 5.41) is 17.2. The average molecular weight is 641 g/mol. The minimum absolute atomic E-state index is 0.355. The van der Waals surface area contributed by atoms with Crippen LogP contribution in [0, 0.1) is 10.8 Å². The molecule has 1 heterocycles. The van der Waals surface area contributed by atoms with Crippen molar-refractivity contribution in [3.63, 3.8) is 0 Å². The Morgan fingerprint density at radius 1 is 0.400 bits per heavy atom. The van der Waals surface area contributed by atoms with Gasteiger partial charge in [-0.3, -0.25) is 0 Å². The van der Waals surface area contributed by atoms with Crippen molar-refractivity contribution in [1.82, 2.24) is 0 Å². The highest BCUT2D eigenvalue weighted by molar-refractivity contribution is 6.14. The fraction of sp³-hybridized carbons (Fsp3) is 0.0213. The zero-order valence-electron chi connectivity index (χ0n) is 27.2. The van der Waals surface area contributed by atoms with Crippen molar-refractivity contribution in [2.45, 2.75) is 5.41 Å². The molecule has 1 spiro atoms. The van der Waals surface area contributed by atoms with E-state index >= 15 is 0 Å². The third-order valence-electron chi connectivity index (χ3n) is 10.1. The Morgan fingerprint density at radius 3 is 1.58 bits per heavy atom. The van der Waals surface area contributed by atoms with Crippen molar-refractivity contribution in [2.24, 2.45) is 0 Å². The zero-order chi connectivity index (χ0) is 33.7. The lowest BCUT2D eigenvalue weighted by Gasteiger charge is -2.39. The van der Waals surface area contributed by atoms with Crippen molar-refractivity contribution >= 4 is 11.4 Å². The Labute approximate surface area is 291 Å². The highest BCUT2D eigenvalue weighted by Gasteiger charge is 2.50. The summed E-state index contributed by atoms with van der Waals surface area (Å²) >= 11 is 0. The summed E-state index contributed by atoms with van der Waals surface area (Å²) < 4.78 is 6.78. The van der Waals surface area contributed by atoms with Crippen molar-refractivity contribution in [3.05, 3.63) is 215 Å². The minimum Gasteiger partial charge on any atom is -0.457 e. The maximum Gasteiger partial charge on any atom is 0.132 e. The molecular weight excluding hydrogens is 609 g/mol. The molecule has 2 aliphatic rings. The number of ether oxygens (including phenoxy) is 1. The van der Waals surface area contributed by atoms with Gasteiger partial charge in [-0.2, -0.15) is 0 Å². The van der Waals surface area contributed by atoms with Gasteiger partial charge in [-0.15, -0.1) is 0 Å². The monoisotopic (exact) mass is 640 g/mol. The van der Waals surface area contributed by atoms with Gasteiger partial charge in [0.25, 0.3) is 0 Å². The zero-order valence-corrected chi connectivity index (χ0v) is 27.2. The number of fused-ring (bicyclic) bond motifs is 9. The Kier molecular flexibility index (Phi) is 6.99. The highest BCUT2D eigenvalue weighted by Crippen LogP contribution is 2.62. The lowest BCUT2D eigenvalue weighted by atomic mass is 9.66. The Morgan fingerprint density at radius 2 is 0.900 bits per heavy atom. The summed E-state index contributed by atoms with van der Waals surface area (Å²) in [6.45, 7) is 0. The second-order valence-electron chi connectivity index (χ2n) is 12.8. The van der Waals surface area contributed by atoms with E-state index in [-0.39, 0.29) is 0 Å². The van der Waals surface area contributed by atoms with Crippen molar-refractivity contribution in [3.8, 4) is 44.9 Å². The maximum atomic E-state index is 8.81. The van der Waals surface area contributed by atoms with Crippen LogP contribution in [0.5, 0.6) is 11.5 Å². The molecule has 50 heavy (non-hydrogen) atoms. The normalized spacial score (nSPS) is 13.2. The molecule has 3 nitrogen and oxygen atoms in total. The van der Waals surface area contributed by atoms with Crippen LogP contribution in [-0.4, -0.2) is 11.4 Å². The number of nitrogens with one attached hydrogen (secondary N) is 2. The predicted octanol–water partition coefficient (Wildman–Crippen LogP) is 11.5. The first-order chi connectivity index (χ1) is 24.6. The van der Waals surface area contributed by atoms with Gasteiger partial charge in [-0.05, 0) is 86.0 Å². The topological polar surface area (TPSA) is 56.9 Å². The van der Waals surface area contributed by atoms with Crippen LogP contribution in [0.25, 0.3) is 33.4 Å². The van der Waals surface area contributed by atoms with Gasteiger partial charge >= 0.3 is 0 Å². The molecule has 2 N–H and O–H groups in total. The third kappa shape index (κ3) is 4.59. The van der Waals surface area contributed by atoms with E-state index < -0.39 is 5.41 Å². The molecule has 1 aliphatic carbocycles. The van der Waals surface area contributed by atoms with Crippen LogP contribution in [0.4, 0.5) is 0 Å². The van der Waals surface area contributed by atoms with Crippen LogP contribution in [0.2, 0.25) is 0 Å². The van der Waals surface area contributed by atoms with E-state index in [1.54, 1.807) is 12.2 Å². The SMILES string of the molecule is N=C(/C=C\C(=N)c1cccc(-c2ccccc2-c2ccc3c(c2)Oc2ccccc2C32c3ccccc3-c3ccccc32)c1)c1ccccc1. The van der Waals surface area contributed by atoms with E-state index in [0.29, 0.717) is 11.4 Å². The summed E-state index contributed by atoms with van der Waals surface area (Å²) in [7, 11) is 0. The molecule has 236 valence electrons. The molecule has 0 aromatic heterocycles. The van der Waals surface area contributed by atoms with Crippen LogP contribution in [0.15, 0.2) is 182 Å². The first-order valence-electron chi connectivity index (χ1n) is 16.8. The molecule has 3 heteroatoms. The van der Waals surface area contributed by atoms with Crippen LogP contribution >= 0.6 is 0 Å². The quantitative estimate of drug-likeness (QED) is 0.175. The predicted molar refractivity (Wildman–Crippen MR) is 204 cm³/mol. The molecule has 7 aromatic carbocycles. The van der Waals surface area contributed by atoms with E-state index in [1.807, 2.05) is 48.5 Å². The first kappa shape index (κ1) is 29.6. The molecule has 0 fully saturated rings. The second kappa shape index (κ2) is 11.8. The van der Waals surface area contributed by atoms with Gasteiger partial charge in [-0.25, -0.2) is 0 Å². The van der Waals surface area contributed by atoms with Crippen LogP contribution in [-0.2, 0) is 5.41 Å². The summed E-state index contributed by atoms with van der Waals surface area (Å²) in [4.78, 5) is 0. The number of hydrogen-bond acceptors (Lipinski definition) is 3. The van der Waals surface area contributed by atoms with Crippen LogP contribution in [0.1, 0.15) is 33.4 Å². The van der Waals surface area contributed by atoms with Gasteiger partial charge in [0.05, 0.1) is 16.8 Å². The molecule has 0 radical (unpaired) electrons. The van der Waals surface area contributed by atoms with E-state index in [1.165, 1.54) is 22.3 Å². The first-order valence-corrected chi connectivity index (χ1v) is 16.8. The van der Waals surface area contributed by atoms with Crippen LogP contribution in [0.3, 0.4) is 0 Å². The molecule has 0 bridgehead atoms. The molecule has 0 atom stereocenters. The van der Waals surface area contributed by atoms with E-state index in [4.69, 9.17) is 15.6 Å². The standard InChI is InChI=1S/C47H32N2O/c48-43(31-13-2-1-3-14-31)27-28-44(49)34-16-12-15-32(29-34)35-17-4-5-18-36(35)33-25-26-42-46(30-33)50-45-24-11-10-23-41(45)47(42)39-21-8-6-19-37(39)38-20-7-9-22-40(38)47/h1-30,48-49H/b28-27-,48-43?,49-44?. The molecule has 0 saturated heterocycles. The van der Waals surface area contributed by atoms with Gasteiger partial charge in [-0.1, -0.05) is 152 Å². The third-order valence-corrected chi connectivity index (χ3v) is 10.1. The van der Waals surface area contributed by atoms with Gasteiger partial charge in [0.15, 0.2) is 0 Å². The molecule has 0 unspecified atom stereocenters. The van der Waals surface area contributed by atoms with Crippen molar-refractivity contribution in [2.75, 3.05) is 0 Å². The van der Waals surface area contributed by atoms with Gasteiger partial charge < -0.3 is 15.6 Å². The van der Waals surface area contributed by atoms with Crippen molar-refractivity contribution < 1.29 is 4.74 Å². The van der Waals surface area contributed by atoms with E-state index in [2.05, 4.69) is 121 Å². The summed E-state index contributed by atoms with van der Waals surface area (Å²) in [6, 6.07) is 58.8. The van der Waals surface area contributed by atoms with Crippen LogP contribution < -0.4 is 4.74 Å². The van der Waals surface area contributed by atoms with Gasteiger partial charge in [0, 0.05) is 11.1 Å². The van der Waals surface area contributed by atoms with Gasteiger partial charge in [0.1, 0.15) is 11.5 Å². The molecule has 7 aromatic rings. The maximum absolute atomic E-state index is 8.81. The minimum atomic E-state index is -0.492. The molecular formula is C47H32N2O. The van der Waals surface area contributed by atoms with Crippen molar-refractivity contribution in [1.29, 1.82) is 10.8 Å². The molecule has 0 saturated carbocycles. The Balaban J connectivity index is 1.13. The molecule has 1 aliphatic heterocycles. The van der Waals surface area contributed by atoms with Gasteiger partial charge in [0.2, 0.25) is 0 Å². The summed E-state index contributed by atoms with van der Waals surface area (Å²) in [5.74, 6) is 1.72. The molecule has 9 rings (SSSR count). The van der Waals surface area contributed by atoms with E-state index in [0.717, 1.165) is 56.0 Å². The fourth-order valence-electron chi connectivity index (χ4n) is 7.85. The van der Waals surface area contributed by atoms with E-state index in [9.17, 15) is 0 Å². The lowest BCUT2D eigenvalue weighted by molar-refractivity contribution is 0.436. The number of allylic oxidation sites excluding steroid dienone is 2. The summed E-state index contributed by atoms with van der Waals surface area (Å²) in [6.07, 6.45) is 3.39. The average Bonchev–Trinajstić information content (AvgIpc) is 3.47. The largest absolute Gasteiger partial charge is 0.457 e. The summed E-state index contributed by atoms with van der Waals surface area (Å²) in [5.41, 5.74) is 13.5. The Hall–Kier alpha value is -6.58.